The topological polar surface area (TPSA) is 62.6 Å². The van der Waals surface area contributed by atoms with Gasteiger partial charge in [-0.3, -0.25) is 0 Å². The van der Waals surface area contributed by atoms with Crippen molar-refractivity contribution >= 4 is 23.4 Å². The Morgan fingerprint density at radius 2 is 2.13 bits per heavy atom. The van der Waals surface area contributed by atoms with Gasteiger partial charge >= 0.3 is 7.12 Å². The maximum Gasteiger partial charge on any atom is 0.489 e. The van der Waals surface area contributed by atoms with Gasteiger partial charge in [0.15, 0.2) is 0 Å². The molecule has 2 rings (SSSR count). The van der Waals surface area contributed by atoms with E-state index in [0.29, 0.717) is 16.7 Å². The van der Waals surface area contributed by atoms with Crippen LogP contribution in [0.25, 0.3) is 10.8 Å². The van der Waals surface area contributed by atoms with Crippen molar-refractivity contribution in [1.29, 1.82) is 0 Å². The summed E-state index contributed by atoms with van der Waals surface area (Å²) in [5, 5.41) is 19.9. The molecule has 0 atom stereocenters. The van der Waals surface area contributed by atoms with E-state index in [4.69, 9.17) is 14.8 Å². The van der Waals surface area contributed by atoms with Crippen LogP contribution in [0.3, 0.4) is 0 Å². The van der Waals surface area contributed by atoms with Gasteiger partial charge in [0, 0.05) is 17.6 Å². The van der Waals surface area contributed by atoms with Crippen LogP contribution in [0.15, 0.2) is 30.5 Å². The lowest BCUT2D eigenvalue weighted by atomic mass is 9.77. The number of methoxy groups -OCH3 is 1. The smallest absolute Gasteiger partial charge is 0.481 e. The minimum atomic E-state index is -1.48. The van der Waals surface area contributed by atoms with E-state index < -0.39 is 7.12 Å². The third kappa shape index (κ3) is 1.79. The third-order valence-corrected chi connectivity index (χ3v) is 2.26. The summed E-state index contributed by atoms with van der Waals surface area (Å²) >= 11 is 0. The number of hydrogen-bond donors (Lipinski definition) is 2. The Morgan fingerprint density at radius 3 is 2.80 bits per heavy atom. The van der Waals surface area contributed by atoms with Crippen molar-refractivity contribution in [2.24, 2.45) is 0 Å². The Labute approximate surface area is 87.3 Å². The molecule has 2 N–H and O–H groups in total. The van der Waals surface area contributed by atoms with E-state index in [1.807, 2.05) is 6.07 Å². The molecule has 0 amide bonds. The van der Waals surface area contributed by atoms with Crippen LogP contribution in [0.2, 0.25) is 0 Å². The summed E-state index contributed by atoms with van der Waals surface area (Å²) < 4.78 is 4.99. The summed E-state index contributed by atoms with van der Waals surface area (Å²) in [5.41, 5.74) is 0.447. The molecule has 1 heterocycles. The van der Waals surface area contributed by atoms with Gasteiger partial charge in [-0.15, -0.1) is 0 Å². The van der Waals surface area contributed by atoms with Crippen LogP contribution in [0.1, 0.15) is 0 Å². The number of nitrogens with zero attached hydrogens (tertiary/aromatic N) is 1. The minimum Gasteiger partial charge on any atom is -0.481 e. The van der Waals surface area contributed by atoms with Gasteiger partial charge < -0.3 is 14.8 Å². The minimum absolute atomic E-state index is 0.447. The predicted molar refractivity (Wildman–Crippen MR) is 58.1 cm³/mol. The zero-order valence-electron chi connectivity index (χ0n) is 8.21. The highest BCUT2D eigenvalue weighted by molar-refractivity contribution is 6.61. The molecule has 0 fully saturated rings. The molecular formula is C10H10BNO3. The highest BCUT2D eigenvalue weighted by atomic mass is 16.5. The number of rotatable bonds is 2. The standard InChI is InChI=1S/C10H10BNO3/c1-15-10-5-7-3-2-4-9(11(13)14)8(7)6-12-10/h2-6,13-14H,1H3. The van der Waals surface area contributed by atoms with Crippen LogP contribution < -0.4 is 10.2 Å². The van der Waals surface area contributed by atoms with Gasteiger partial charge in [-0.1, -0.05) is 18.2 Å². The first-order valence-corrected chi connectivity index (χ1v) is 4.51. The van der Waals surface area contributed by atoms with Crippen molar-refractivity contribution in [3.05, 3.63) is 30.5 Å². The molecule has 76 valence electrons. The first-order valence-electron chi connectivity index (χ1n) is 4.51. The van der Waals surface area contributed by atoms with Crippen LogP contribution in [-0.4, -0.2) is 29.3 Å². The molecule has 0 saturated heterocycles. The van der Waals surface area contributed by atoms with Crippen molar-refractivity contribution < 1.29 is 14.8 Å². The van der Waals surface area contributed by atoms with Crippen LogP contribution in [-0.2, 0) is 0 Å². The maximum atomic E-state index is 9.14. The first kappa shape index (κ1) is 9.95. The quantitative estimate of drug-likeness (QED) is 0.670. The number of pyridine rings is 1. The Bertz CT molecular complexity index is 487. The number of benzene rings is 1. The van der Waals surface area contributed by atoms with Gasteiger partial charge in [-0.2, -0.15) is 0 Å². The second-order valence-electron chi connectivity index (χ2n) is 3.17. The highest BCUT2D eigenvalue weighted by Crippen LogP contribution is 2.16. The molecule has 0 spiro atoms. The van der Waals surface area contributed by atoms with Gasteiger partial charge in [0.2, 0.25) is 5.88 Å². The molecule has 1 aromatic carbocycles. The molecule has 0 aliphatic rings. The van der Waals surface area contributed by atoms with E-state index in [-0.39, 0.29) is 0 Å². The lowest BCUT2D eigenvalue weighted by Gasteiger charge is -2.06. The molecule has 0 aliphatic heterocycles. The zero-order chi connectivity index (χ0) is 10.8. The maximum absolute atomic E-state index is 9.14. The van der Waals surface area contributed by atoms with Crippen LogP contribution in [0.4, 0.5) is 0 Å². The molecule has 0 radical (unpaired) electrons. The van der Waals surface area contributed by atoms with Gasteiger partial charge in [0.05, 0.1) is 7.11 Å². The largest absolute Gasteiger partial charge is 0.489 e. The monoisotopic (exact) mass is 203 g/mol. The van der Waals surface area contributed by atoms with E-state index in [1.165, 1.54) is 0 Å². The summed E-state index contributed by atoms with van der Waals surface area (Å²) in [6.07, 6.45) is 1.57. The molecular weight excluding hydrogens is 193 g/mol. The lowest BCUT2D eigenvalue weighted by molar-refractivity contribution is 0.398. The fraction of sp³-hybridized carbons (Fsp3) is 0.100. The summed E-state index contributed by atoms with van der Waals surface area (Å²) in [5.74, 6) is 0.507. The third-order valence-electron chi connectivity index (χ3n) is 2.26. The van der Waals surface area contributed by atoms with Gasteiger partial charge in [-0.25, -0.2) is 4.98 Å². The van der Waals surface area contributed by atoms with Crippen LogP contribution >= 0.6 is 0 Å². The van der Waals surface area contributed by atoms with Crippen molar-refractivity contribution in [2.45, 2.75) is 0 Å². The van der Waals surface area contributed by atoms with Crippen molar-refractivity contribution in [2.75, 3.05) is 7.11 Å². The molecule has 15 heavy (non-hydrogen) atoms. The van der Waals surface area contributed by atoms with Crippen LogP contribution in [0, 0.1) is 0 Å². The summed E-state index contributed by atoms with van der Waals surface area (Å²) in [6, 6.07) is 7.03. The number of fused-ring (bicyclic) bond motifs is 1. The normalized spacial score (nSPS) is 10.3. The van der Waals surface area contributed by atoms with Crippen molar-refractivity contribution in [1.82, 2.24) is 4.98 Å². The molecule has 0 saturated carbocycles. The second-order valence-corrected chi connectivity index (χ2v) is 3.17. The van der Waals surface area contributed by atoms with Gasteiger partial charge in [-0.05, 0) is 10.8 Å². The number of aromatic nitrogens is 1. The SMILES string of the molecule is COc1cc2cccc(B(O)O)c2cn1. The summed E-state index contributed by atoms with van der Waals surface area (Å²) in [6.45, 7) is 0. The van der Waals surface area contributed by atoms with Crippen molar-refractivity contribution in [3.63, 3.8) is 0 Å². The fourth-order valence-electron chi connectivity index (χ4n) is 1.51. The molecule has 4 nitrogen and oxygen atoms in total. The number of hydrogen-bond acceptors (Lipinski definition) is 4. The second kappa shape index (κ2) is 3.88. The summed E-state index contributed by atoms with van der Waals surface area (Å²) in [7, 11) is 0.0581. The van der Waals surface area contributed by atoms with Crippen molar-refractivity contribution in [3.8, 4) is 5.88 Å². The van der Waals surface area contributed by atoms with E-state index in [2.05, 4.69) is 4.98 Å². The zero-order valence-corrected chi connectivity index (χ0v) is 8.21. The van der Waals surface area contributed by atoms with E-state index >= 15 is 0 Å². The molecule has 0 bridgehead atoms. The Kier molecular flexibility index (Phi) is 2.57. The molecule has 2 aromatic rings. The fourth-order valence-corrected chi connectivity index (χ4v) is 1.51. The van der Waals surface area contributed by atoms with Gasteiger partial charge in [0.1, 0.15) is 0 Å². The molecule has 5 heteroatoms. The van der Waals surface area contributed by atoms with Gasteiger partial charge in [0.25, 0.3) is 0 Å². The van der Waals surface area contributed by atoms with E-state index in [0.717, 1.165) is 5.39 Å². The van der Waals surface area contributed by atoms with Crippen LogP contribution in [0.5, 0.6) is 5.88 Å². The average Bonchev–Trinajstić information content (AvgIpc) is 2.27. The molecule has 0 aliphatic carbocycles. The Balaban J connectivity index is 2.67. The highest BCUT2D eigenvalue weighted by Gasteiger charge is 2.14. The van der Waals surface area contributed by atoms with E-state index in [1.54, 1.807) is 31.5 Å². The van der Waals surface area contributed by atoms with E-state index in [9.17, 15) is 0 Å². The molecule has 0 unspecified atom stereocenters. The lowest BCUT2D eigenvalue weighted by Crippen LogP contribution is -2.30. The Morgan fingerprint density at radius 1 is 1.33 bits per heavy atom. The molecule has 1 aromatic heterocycles. The Hall–Kier alpha value is -1.59. The predicted octanol–water partition coefficient (Wildman–Crippen LogP) is -0.0768. The number of ether oxygens (including phenoxy) is 1. The average molecular weight is 203 g/mol. The first-order chi connectivity index (χ1) is 7.22. The summed E-state index contributed by atoms with van der Waals surface area (Å²) in [4.78, 5) is 4.02.